The van der Waals surface area contributed by atoms with Crippen LogP contribution in [0.25, 0.3) is 11.0 Å². The molecular formula is C16H19N5O2. The van der Waals surface area contributed by atoms with E-state index in [0.29, 0.717) is 24.0 Å². The Labute approximate surface area is 134 Å². The molecule has 0 aliphatic carbocycles. The molecule has 3 heterocycles. The van der Waals surface area contributed by atoms with Crippen LogP contribution < -0.4 is 4.90 Å². The Hall–Kier alpha value is -2.62. The summed E-state index contributed by atoms with van der Waals surface area (Å²) in [5.74, 6) is -0.0249. The highest BCUT2D eigenvalue weighted by Gasteiger charge is 2.24. The first kappa shape index (κ1) is 15.3. The Balaban J connectivity index is 2.03. The largest absolute Gasteiger partial charge is 0.481 e. The van der Waals surface area contributed by atoms with Crippen LogP contribution >= 0.6 is 0 Å². The topological polar surface area (TPSA) is 95.0 Å². The van der Waals surface area contributed by atoms with Crippen molar-refractivity contribution in [2.24, 2.45) is 0 Å². The van der Waals surface area contributed by atoms with Gasteiger partial charge in [-0.05, 0) is 25.7 Å². The number of nitriles is 1. The highest BCUT2D eigenvalue weighted by atomic mass is 16.4. The molecule has 120 valence electrons. The lowest BCUT2D eigenvalue weighted by Crippen LogP contribution is -2.22. The molecule has 0 radical (unpaired) electrons. The van der Waals surface area contributed by atoms with E-state index < -0.39 is 5.97 Å². The predicted molar refractivity (Wildman–Crippen MR) is 85.3 cm³/mol. The first-order valence-electron chi connectivity index (χ1n) is 7.82. The molecule has 0 saturated heterocycles. The zero-order valence-corrected chi connectivity index (χ0v) is 13.1. The van der Waals surface area contributed by atoms with Gasteiger partial charge in [-0.3, -0.25) is 4.79 Å². The van der Waals surface area contributed by atoms with E-state index in [1.165, 1.54) is 6.33 Å². The molecule has 23 heavy (non-hydrogen) atoms. The number of aromatic nitrogens is 3. The fraction of sp³-hybridized carbons (Fsp3) is 0.500. The second-order valence-corrected chi connectivity index (χ2v) is 5.86. The van der Waals surface area contributed by atoms with Gasteiger partial charge in [-0.25, -0.2) is 9.97 Å². The van der Waals surface area contributed by atoms with E-state index in [4.69, 9.17) is 5.11 Å². The molecule has 0 atom stereocenters. The molecule has 7 nitrogen and oxygen atoms in total. The summed E-state index contributed by atoms with van der Waals surface area (Å²) in [6, 6.07) is 2.30. The van der Waals surface area contributed by atoms with Crippen LogP contribution in [0.2, 0.25) is 0 Å². The van der Waals surface area contributed by atoms with E-state index in [1.54, 1.807) is 0 Å². The van der Waals surface area contributed by atoms with E-state index in [9.17, 15) is 10.1 Å². The summed E-state index contributed by atoms with van der Waals surface area (Å²) in [6.07, 6.45) is 5.23. The Bertz CT molecular complexity index is 790. The average molecular weight is 313 g/mol. The molecule has 0 bridgehead atoms. The molecule has 1 aliphatic heterocycles. The van der Waals surface area contributed by atoms with Crippen molar-refractivity contribution in [2.75, 3.05) is 18.5 Å². The van der Waals surface area contributed by atoms with Gasteiger partial charge in [0.15, 0.2) is 5.82 Å². The molecule has 1 N–H and O–H groups in total. The SMILES string of the molecule is CN(CCCC(=O)O)c1ncnc2c(C#N)c3n(c12)CCCC3. The number of hydrogen-bond donors (Lipinski definition) is 1. The van der Waals surface area contributed by atoms with E-state index in [-0.39, 0.29) is 6.42 Å². The van der Waals surface area contributed by atoms with Crippen LogP contribution in [0, 0.1) is 11.3 Å². The third-order valence-corrected chi connectivity index (χ3v) is 4.33. The smallest absolute Gasteiger partial charge is 0.303 e. The maximum atomic E-state index is 10.7. The van der Waals surface area contributed by atoms with Gasteiger partial charge in [-0.15, -0.1) is 0 Å². The zero-order chi connectivity index (χ0) is 16.4. The summed E-state index contributed by atoms with van der Waals surface area (Å²) in [5, 5.41) is 18.3. The normalized spacial score (nSPS) is 13.6. The van der Waals surface area contributed by atoms with Crippen molar-refractivity contribution in [3.63, 3.8) is 0 Å². The lowest BCUT2D eigenvalue weighted by molar-refractivity contribution is -0.137. The molecule has 0 saturated carbocycles. The Morgan fingerprint density at radius 3 is 3.04 bits per heavy atom. The van der Waals surface area contributed by atoms with Gasteiger partial charge in [0.25, 0.3) is 0 Å². The van der Waals surface area contributed by atoms with Crippen LogP contribution in [0.3, 0.4) is 0 Å². The Kier molecular flexibility index (Phi) is 4.15. The first-order valence-corrected chi connectivity index (χ1v) is 7.82. The van der Waals surface area contributed by atoms with Gasteiger partial charge < -0.3 is 14.6 Å². The minimum Gasteiger partial charge on any atom is -0.481 e. The number of anilines is 1. The number of carboxylic acids is 1. The van der Waals surface area contributed by atoms with Crippen molar-refractivity contribution >= 4 is 22.8 Å². The summed E-state index contributed by atoms with van der Waals surface area (Å²) in [7, 11) is 1.90. The van der Waals surface area contributed by atoms with Crippen molar-refractivity contribution in [3.05, 3.63) is 17.6 Å². The average Bonchev–Trinajstić information content (AvgIpc) is 2.88. The lowest BCUT2D eigenvalue weighted by Gasteiger charge is -2.21. The third kappa shape index (κ3) is 2.72. The monoisotopic (exact) mass is 313 g/mol. The summed E-state index contributed by atoms with van der Waals surface area (Å²) in [6.45, 7) is 1.47. The molecule has 1 aliphatic rings. The lowest BCUT2D eigenvalue weighted by atomic mass is 10.1. The fourth-order valence-corrected chi connectivity index (χ4v) is 3.25. The van der Waals surface area contributed by atoms with Gasteiger partial charge in [0.2, 0.25) is 0 Å². The highest BCUT2D eigenvalue weighted by molar-refractivity contribution is 5.92. The number of aliphatic carboxylic acids is 1. The van der Waals surface area contributed by atoms with Crippen molar-refractivity contribution in [1.29, 1.82) is 5.26 Å². The van der Waals surface area contributed by atoms with Crippen molar-refractivity contribution in [2.45, 2.75) is 38.6 Å². The predicted octanol–water partition coefficient (Wildman–Crippen LogP) is 1.94. The number of fused-ring (bicyclic) bond motifs is 3. The standard InChI is InChI=1S/C16H19N5O2/c1-20(7-4-6-13(22)23)16-15-14(18-10-19-16)11(9-17)12-5-2-3-8-21(12)15/h10H,2-8H2,1H3,(H,22,23). The number of carbonyl (C=O) groups is 1. The van der Waals surface area contributed by atoms with Gasteiger partial charge in [-0.1, -0.05) is 0 Å². The van der Waals surface area contributed by atoms with Crippen molar-refractivity contribution in [3.8, 4) is 6.07 Å². The molecule has 0 fully saturated rings. The first-order chi connectivity index (χ1) is 11.1. The third-order valence-electron chi connectivity index (χ3n) is 4.33. The van der Waals surface area contributed by atoms with Gasteiger partial charge >= 0.3 is 5.97 Å². The molecule has 2 aromatic heterocycles. The fourth-order valence-electron chi connectivity index (χ4n) is 3.25. The van der Waals surface area contributed by atoms with Gasteiger partial charge in [-0.2, -0.15) is 5.26 Å². The molecule has 0 unspecified atom stereocenters. The highest BCUT2D eigenvalue weighted by Crippen LogP contribution is 2.33. The second-order valence-electron chi connectivity index (χ2n) is 5.86. The summed E-state index contributed by atoms with van der Waals surface area (Å²) >= 11 is 0. The summed E-state index contributed by atoms with van der Waals surface area (Å²) in [5.41, 5.74) is 3.31. The number of hydrogen-bond acceptors (Lipinski definition) is 5. The summed E-state index contributed by atoms with van der Waals surface area (Å²) < 4.78 is 2.17. The molecular weight excluding hydrogens is 294 g/mol. The van der Waals surface area contributed by atoms with E-state index >= 15 is 0 Å². The summed E-state index contributed by atoms with van der Waals surface area (Å²) in [4.78, 5) is 21.4. The quantitative estimate of drug-likeness (QED) is 0.906. The minimum absolute atomic E-state index is 0.133. The number of nitrogens with zero attached hydrogens (tertiary/aromatic N) is 5. The van der Waals surface area contributed by atoms with Crippen LogP contribution in [0.1, 0.15) is 36.9 Å². The van der Waals surface area contributed by atoms with Crippen LogP contribution in [-0.4, -0.2) is 39.2 Å². The van der Waals surface area contributed by atoms with Crippen molar-refractivity contribution in [1.82, 2.24) is 14.5 Å². The molecule has 3 rings (SSSR count). The Morgan fingerprint density at radius 1 is 1.48 bits per heavy atom. The minimum atomic E-state index is -0.793. The van der Waals surface area contributed by atoms with E-state index in [0.717, 1.165) is 42.8 Å². The molecule has 0 spiro atoms. The number of carboxylic acid groups (broad SMARTS) is 1. The molecule has 0 aromatic carbocycles. The second kappa shape index (κ2) is 6.24. The zero-order valence-electron chi connectivity index (χ0n) is 13.1. The van der Waals surface area contributed by atoms with Crippen LogP contribution in [0.15, 0.2) is 6.33 Å². The van der Waals surface area contributed by atoms with Crippen LogP contribution in [0.5, 0.6) is 0 Å². The van der Waals surface area contributed by atoms with Crippen molar-refractivity contribution < 1.29 is 9.90 Å². The van der Waals surface area contributed by atoms with E-state index in [2.05, 4.69) is 20.6 Å². The van der Waals surface area contributed by atoms with Crippen LogP contribution in [-0.2, 0) is 17.8 Å². The van der Waals surface area contributed by atoms with Gasteiger partial charge in [0, 0.05) is 32.3 Å². The number of rotatable bonds is 5. The molecule has 7 heteroatoms. The number of aryl methyl sites for hydroxylation is 1. The molecule has 2 aromatic rings. The molecule has 0 amide bonds. The maximum absolute atomic E-state index is 10.7. The Morgan fingerprint density at radius 2 is 2.30 bits per heavy atom. The van der Waals surface area contributed by atoms with E-state index in [1.807, 2.05) is 11.9 Å². The van der Waals surface area contributed by atoms with Gasteiger partial charge in [0.05, 0.1) is 5.56 Å². The van der Waals surface area contributed by atoms with Gasteiger partial charge in [0.1, 0.15) is 23.4 Å². The maximum Gasteiger partial charge on any atom is 0.303 e. The van der Waals surface area contributed by atoms with Crippen LogP contribution in [0.4, 0.5) is 5.82 Å².